The van der Waals surface area contributed by atoms with Gasteiger partial charge in [0, 0.05) is 31.6 Å². The number of piperidine rings is 1. The summed E-state index contributed by atoms with van der Waals surface area (Å²) in [4.78, 5) is 14.6. The lowest BCUT2D eigenvalue weighted by Crippen LogP contribution is -2.38. The third-order valence-corrected chi connectivity index (χ3v) is 4.52. The average Bonchev–Trinajstić information content (AvgIpc) is 3.06. The van der Waals surface area contributed by atoms with Gasteiger partial charge < -0.3 is 18.9 Å². The van der Waals surface area contributed by atoms with Crippen LogP contribution < -0.4 is 9.47 Å². The Morgan fingerprint density at radius 2 is 1.88 bits per heavy atom. The molecule has 24 heavy (non-hydrogen) atoms. The van der Waals surface area contributed by atoms with Crippen molar-refractivity contribution >= 4 is 5.91 Å². The summed E-state index contributed by atoms with van der Waals surface area (Å²) in [6.07, 6.45) is 3.51. The first-order chi connectivity index (χ1) is 11.6. The number of ether oxygens (including phenoxy) is 2. The van der Waals surface area contributed by atoms with Crippen LogP contribution in [0.5, 0.6) is 11.5 Å². The summed E-state index contributed by atoms with van der Waals surface area (Å²) in [5.41, 5.74) is 0.616. The van der Waals surface area contributed by atoms with E-state index < -0.39 is 0 Å². The van der Waals surface area contributed by atoms with Crippen LogP contribution >= 0.6 is 0 Å². The minimum absolute atomic E-state index is 0.0207. The zero-order chi connectivity index (χ0) is 17.1. The number of likely N-dealkylation sites (tertiary alicyclic amines) is 1. The van der Waals surface area contributed by atoms with E-state index in [-0.39, 0.29) is 5.91 Å². The molecule has 7 nitrogen and oxygen atoms in total. The molecule has 0 saturated carbocycles. The van der Waals surface area contributed by atoms with Gasteiger partial charge in [0.1, 0.15) is 12.2 Å². The Morgan fingerprint density at radius 3 is 2.46 bits per heavy atom. The van der Waals surface area contributed by atoms with E-state index in [4.69, 9.17) is 9.47 Å². The quantitative estimate of drug-likeness (QED) is 0.856. The zero-order valence-electron chi connectivity index (χ0n) is 14.2. The Kier molecular flexibility index (Phi) is 4.69. The van der Waals surface area contributed by atoms with Gasteiger partial charge >= 0.3 is 0 Å². The van der Waals surface area contributed by atoms with Crippen LogP contribution in [0.4, 0.5) is 0 Å². The fraction of sp³-hybridized carbons (Fsp3) is 0.471. The second kappa shape index (κ2) is 6.90. The van der Waals surface area contributed by atoms with Gasteiger partial charge in [0.2, 0.25) is 0 Å². The van der Waals surface area contributed by atoms with Crippen LogP contribution in [0.3, 0.4) is 0 Å². The third kappa shape index (κ3) is 3.06. The summed E-state index contributed by atoms with van der Waals surface area (Å²) in [5.74, 6) is 2.56. The van der Waals surface area contributed by atoms with Gasteiger partial charge in [0.15, 0.2) is 11.5 Å². The smallest absolute Gasteiger partial charge is 0.253 e. The van der Waals surface area contributed by atoms with E-state index >= 15 is 0 Å². The molecular formula is C17H22N4O3. The minimum atomic E-state index is 0.0207. The number of hydrogen-bond acceptors (Lipinski definition) is 5. The molecule has 1 saturated heterocycles. The summed E-state index contributed by atoms with van der Waals surface area (Å²) in [5, 5.41) is 8.13. The normalized spacial score (nSPS) is 15.4. The fourth-order valence-corrected chi connectivity index (χ4v) is 3.15. The van der Waals surface area contributed by atoms with Gasteiger partial charge in [-0.25, -0.2) is 0 Å². The molecule has 1 aromatic heterocycles. The van der Waals surface area contributed by atoms with Crippen molar-refractivity contribution < 1.29 is 14.3 Å². The molecule has 1 amide bonds. The summed E-state index contributed by atoms with van der Waals surface area (Å²) in [7, 11) is 5.10. The molecule has 2 heterocycles. The molecule has 0 N–H and O–H groups in total. The molecule has 128 valence electrons. The van der Waals surface area contributed by atoms with Gasteiger partial charge in [0.25, 0.3) is 5.91 Å². The highest BCUT2D eigenvalue weighted by Gasteiger charge is 2.27. The molecule has 3 rings (SSSR count). The molecule has 1 aliphatic rings. The molecule has 1 fully saturated rings. The Bertz CT molecular complexity index is 720. The van der Waals surface area contributed by atoms with Crippen molar-refractivity contribution in [2.24, 2.45) is 7.05 Å². The molecule has 1 aromatic carbocycles. The third-order valence-electron chi connectivity index (χ3n) is 4.52. The topological polar surface area (TPSA) is 69.5 Å². The average molecular weight is 330 g/mol. The van der Waals surface area contributed by atoms with Crippen molar-refractivity contribution in [1.82, 2.24) is 19.7 Å². The summed E-state index contributed by atoms with van der Waals surface area (Å²) < 4.78 is 12.5. The van der Waals surface area contributed by atoms with Crippen LogP contribution in [-0.2, 0) is 7.05 Å². The highest BCUT2D eigenvalue weighted by molar-refractivity contribution is 5.95. The minimum Gasteiger partial charge on any atom is -0.493 e. The van der Waals surface area contributed by atoms with Crippen molar-refractivity contribution in [1.29, 1.82) is 0 Å². The summed E-state index contributed by atoms with van der Waals surface area (Å²) in [6.45, 7) is 1.43. The lowest BCUT2D eigenvalue weighted by Gasteiger charge is -2.31. The number of nitrogens with zero attached hydrogens (tertiary/aromatic N) is 4. The molecular weight excluding hydrogens is 308 g/mol. The summed E-state index contributed by atoms with van der Waals surface area (Å²) in [6, 6.07) is 5.27. The van der Waals surface area contributed by atoms with E-state index in [1.807, 2.05) is 16.5 Å². The predicted octanol–water partition coefficient (Wildman–Crippen LogP) is 1.85. The van der Waals surface area contributed by atoms with Crippen LogP contribution in [0.1, 0.15) is 34.9 Å². The predicted molar refractivity (Wildman–Crippen MR) is 88.4 cm³/mol. The first kappa shape index (κ1) is 16.3. The molecule has 0 bridgehead atoms. The number of aromatic nitrogens is 3. The molecule has 0 atom stereocenters. The van der Waals surface area contributed by atoms with Crippen molar-refractivity contribution in [3.05, 3.63) is 35.9 Å². The SMILES string of the molecule is COc1ccc(C(=O)N2CCC(c3nncn3C)CC2)cc1OC. The van der Waals surface area contributed by atoms with E-state index in [0.29, 0.717) is 36.1 Å². The Balaban J connectivity index is 1.68. The second-order valence-electron chi connectivity index (χ2n) is 5.94. The largest absolute Gasteiger partial charge is 0.493 e. The van der Waals surface area contributed by atoms with Gasteiger partial charge in [-0.15, -0.1) is 10.2 Å². The van der Waals surface area contributed by atoms with Crippen LogP contribution in [0.25, 0.3) is 0 Å². The maximum Gasteiger partial charge on any atom is 0.253 e. The van der Waals surface area contributed by atoms with E-state index in [2.05, 4.69) is 10.2 Å². The first-order valence-electron chi connectivity index (χ1n) is 7.99. The van der Waals surface area contributed by atoms with Crippen molar-refractivity contribution in [3.8, 4) is 11.5 Å². The highest BCUT2D eigenvalue weighted by atomic mass is 16.5. The summed E-state index contributed by atoms with van der Waals surface area (Å²) >= 11 is 0. The molecule has 1 aliphatic heterocycles. The van der Waals surface area contributed by atoms with Gasteiger partial charge in [-0.3, -0.25) is 4.79 Å². The van der Waals surface area contributed by atoms with Crippen molar-refractivity contribution in [3.63, 3.8) is 0 Å². The number of carbonyl (C=O) groups is 1. The van der Waals surface area contributed by atoms with E-state index in [1.165, 1.54) is 0 Å². The number of aryl methyl sites for hydroxylation is 1. The van der Waals surface area contributed by atoms with E-state index in [9.17, 15) is 4.79 Å². The molecule has 0 unspecified atom stereocenters. The molecule has 7 heteroatoms. The number of rotatable bonds is 4. The Morgan fingerprint density at radius 1 is 1.17 bits per heavy atom. The Hall–Kier alpha value is -2.57. The first-order valence-corrected chi connectivity index (χ1v) is 7.99. The van der Waals surface area contributed by atoms with Crippen LogP contribution in [-0.4, -0.2) is 52.9 Å². The maximum absolute atomic E-state index is 12.7. The fourth-order valence-electron chi connectivity index (χ4n) is 3.15. The molecule has 0 aliphatic carbocycles. The molecule has 0 radical (unpaired) electrons. The van der Waals surface area contributed by atoms with E-state index in [0.717, 1.165) is 18.7 Å². The number of methoxy groups -OCH3 is 2. The highest BCUT2D eigenvalue weighted by Crippen LogP contribution is 2.30. The van der Waals surface area contributed by atoms with Gasteiger partial charge in [-0.2, -0.15) is 0 Å². The van der Waals surface area contributed by atoms with E-state index in [1.54, 1.807) is 38.7 Å². The number of benzene rings is 1. The lowest BCUT2D eigenvalue weighted by atomic mass is 9.95. The van der Waals surface area contributed by atoms with Crippen molar-refractivity contribution in [2.45, 2.75) is 18.8 Å². The van der Waals surface area contributed by atoms with Crippen molar-refractivity contribution in [2.75, 3.05) is 27.3 Å². The van der Waals surface area contributed by atoms with Gasteiger partial charge in [-0.05, 0) is 31.0 Å². The second-order valence-corrected chi connectivity index (χ2v) is 5.94. The van der Waals surface area contributed by atoms with Crippen LogP contribution in [0, 0.1) is 0 Å². The van der Waals surface area contributed by atoms with Gasteiger partial charge in [0.05, 0.1) is 14.2 Å². The number of carbonyl (C=O) groups excluding carboxylic acids is 1. The standard InChI is InChI=1S/C17H22N4O3/c1-20-11-18-19-16(20)12-6-8-21(9-7-12)17(22)13-4-5-14(23-2)15(10-13)24-3/h4-5,10-12H,6-9H2,1-3H3. The molecule has 2 aromatic rings. The maximum atomic E-state index is 12.7. The monoisotopic (exact) mass is 330 g/mol. The Labute approximate surface area is 141 Å². The van der Waals surface area contributed by atoms with Crippen LogP contribution in [0.15, 0.2) is 24.5 Å². The number of hydrogen-bond donors (Lipinski definition) is 0. The zero-order valence-corrected chi connectivity index (χ0v) is 14.2. The van der Waals surface area contributed by atoms with Crippen LogP contribution in [0.2, 0.25) is 0 Å². The number of amides is 1. The van der Waals surface area contributed by atoms with Gasteiger partial charge in [-0.1, -0.05) is 0 Å². The molecule has 0 spiro atoms. The lowest BCUT2D eigenvalue weighted by molar-refractivity contribution is 0.0710.